The Morgan fingerprint density at radius 1 is 0.929 bits per heavy atom. The van der Waals surface area contributed by atoms with E-state index >= 15 is 0 Å². The van der Waals surface area contributed by atoms with Crippen LogP contribution in [0.2, 0.25) is 0 Å². The molecular weight excluding hydrogens is 369 g/mol. The van der Waals surface area contributed by atoms with E-state index in [0.717, 1.165) is 42.9 Å². The van der Waals surface area contributed by atoms with Crippen LogP contribution in [0.3, 0.4) is 0 Å². The quantitative estimate of drug-likeness (QED) is 0.654. The molecule has 28 heavy (non-hydrogen) atoms. The second-order valence-corrected chi connectivity index (χ2v) is 7.40. The molecular formula is C22H23F3O3. The largest absolute Gasteiger partial charge is 0.493 e. The zero-order valence-corrected chi connectivity index (χ0v) is 15.9. The van der Waals surface area contributed by atoms with Crippen molar-refractivity contribution in [3.63, 3.8) is 0 Å². The molecule has 1 aliphatic heterocycles. The first-order chi connectivity index (χ1) is 13.4. The van der Waals surface area contributed by atoms with Crippen LogP contribution in [-0.2, 0) is 10.9 Å². The molecule has 0 saturated heterocycles. The molecule has 6 heteroatoms. The number of benzene rings is 2. The summed E-state index contributed by atoms with van der Waals surface area (Å²) in [5.74, 6) is 1.41. The zero-order valence-electron chi connectivity index (χ0n) is 15.9. The third-order valence-electron chi connectivity index (χ3n) is 5.80. The number of methoxy groups -OCH3 is 2. The van der Waals surface area contributed by atoms with Gasteiger partial charge in [0.1, 0.15) is 6.10 Å². The van der Waals surface area contributed by atoms with E-state index in [4.69, 9.17) is 14.2 Å². The van der Waals surface area contributed by atoms with Crippen molar-refractivity contribution in [3.8, 4) is 11.5 Å². The van der Waals surface area contributed by atoms with Gasteiger partial charge in [0.05, 0.1) is 25.9 Å². The maximum Gasteiger partial charge on any atom is 0.416 e. The van der Waals surface area contributed by atoms with Gasteiger partial charge in [-0.25, -0.2) is 0 Å². The molecule has 0 bridgehead atoms. The highest BCUT2D eigenvalue weighted by atomic mass is 19.4. The van der Waals surface area contributed by atoms with E-state index in [1.54, 1.807) is 20.3 Å². The van der Waals surface area contributed by atoms with Crippen LogP contribution in [0.25, 0.3) is 0 Å². The van der Waals surface area contributed by atoms with Crippen molar-refractivity contribution in [1.29, 1.82) is 0 Å². The molecule has 1 heterocycles. The Hall–Kier alpha value is -2.21. The van der Waals surface area contributed by atoms with Crippen LogP contribution in [0.5, 0.6) is 11.5 Å². The van der Waals surface area contributed by atoms with Crippen molar-refractivity contribution >= 4 is 0 Å². The Balaban J connectivity index is 1.85. The van der Waals surface area contributed by atoms with Gasteiger partial charge in [0, 0.05) is 5.92 Å². The third-order valence-corrected chi connectivity index (χ3v) is 5.80. The number of hydrogen-bond acceptors (Lipinski definition) is 3. The summed E-state index contributed by atoms with van der Waals surface area (Å²) in [4.78, 5) is 0. The molecule has 150 valence electrons. The van der Waals surface area contributed by atoms with Crippen LogP contribution < -0.4 is 9.47 Å². The highest BCUT2D eigenvalue weighted by Gasteiger charge is 2.39. The van der Waals surface area contributed by atoms with Crippen molar-refractivity contribution in [3.05, 3.63) is 58.7 Å². The standard InChI is InChI=1S/C22H23F3O3/c1-26-19-11-16-15-8-3-4-9-18(15)28-21(17(16)12-20(19)27-2)13-6-5-7-14(10-13)22(23,24)25/h5-7,10-12,15,18,21H,3-4,8-9H2,1-2H3/t15-,18+,21+/m1/s1. The van der Waals surface area contributed by atoms with Crippen LogP contribution in [-0.4, -0.2) is 20.3 Å². The smallest absolute Gasteiger partial charge is 0.416 e. The van der Waals surface area contributed by atoms with Crippen LogP contribution >= 0.6 is 0 Å². The number of rotatable bonds is 3. The summed E-state index contributed by atoms with van der Waals surface area (Å²) in [5, 5.41) is 0. The summed E-state index contributed by atoms with van der Waals surface area (Å²) in [7, 11) is 3.14. The predicted octanol–water partition coefficient (Wildman–Crippen LogP) is 5.87. The molecule has 3 nitrogen and oxygen atoms in total. The van der Waals surface area contributed by atoms with Crippen LogP contribution in [0, 0.1) is 0 Å². The van der Waals surface area contributed by atoms with E-state index in [1.807, 2.05) is 12.1 Å². The Morgan fingerprint density at radius 2 is 1.61 bits per heavy atom. The molecule has 0 amide bonds. The van der Waals surface area contributed by atoms with Crippen molar-refractivity contribution < 1.29 is 27.4 Å². The van der Waals surface area contributed by atoms with Crippen LogP contribution in [0.1, 0.15) is 60.0 Å². The fourth-order valence-electron chi connectivity index (χ4n) is 4.46. The van der Waals surface area contributed by atoms with Gasteiger partial charge in [0.2, 0.25) is 0 Å². The molecule has 0 N–H and O–H groups in total. The molecule has 0 radical (unpaired) electrons. The Morgan fingerprint density at radius 3 is 2.29 bits per heavy atom. The molecule has 0 unspecified atom stereocenters. The maximum absolute atomic E-state index is 13.2. The van der Waals surface area contributed by atoms with E-state index in [-0.39, 0.29) is 12.0 Å². The lowest BCUT2D eigenvalue weighted by atomic mass is 9.75. The van der Waals surface area contributed by atoms with Gasteiger partial charge in [-0.15, -0.1) is 0 Å². The highest BCUT2D eigenvalue weighted by Crippen LogP contribution is 2.50. The first kappa shape index (κ1) is 19.1. The van der Waals surface area contributed by atoms with Crippen molar-refractivity contribution in [2.24, 2.45) is 0 Å². The molecule has 0 spiro atoms. The molecule has 1 fully saturated rings. The molecule has 0 aromatic heterocycles. The summed E-state index contributed by atoms with van der Waals surface area (Å²) >= 11 is 0. The Bertz CT molecular complexity index is 863. The second kappa shape index (κ2) is 7.32. The minimum absolute atomic E-state index is 0.00102. The first-order valence-corrected chi connectivity index (χ1v) is 9.51. The molecule has 1 aliphatic carbocycles. The van der Waals surface area contributed by atoms with Gasteiger partial charge in [0.15, 0.2) is 11.5 Å². The number of alkyl halides is 3. The number of ether oxygens (including phenoxy) is 3. The van der Waals surface area contributed by atoms with Crippen LogP contribution in [0.4, 0.5) is 13.2 Å². The van der Waals surface area contributed by atoms with Gasteiger partial charge in [0.25, 0.3) is 0 Å². The fourth-order valence-corrected chi connectivity index (χ4v) is 4.46. The molecule has 1 saturated carbocycles. The van der Waals surface area contributed by atoms with Gasteiger partial charge in [-0.2, -0.15) is 13.2 Å². The second-order valence-electron chi connectivity index (χ2n) is 7.40. The van der Waals surface area contributed by atoms with Gasteiger partial charge in [-0.1, -0.05) is 25.0 Å². The molecule has 4 rings (SSSR count). The molecule has 2 aromatic carbocycles. The minimum atomic E-state index is -4.39. The van der Waals surface area contributed by atoms with E-state index in [2.05, 4.69) is 0 Å². The van der Waals surface area contributed by atoms with E-state index < -0.39 is 17.8 Å². The molecule has 2 aliphatic rings. The SMILES string of the molecule is COc1cc2c(cc1OC)[C@H]1CCCC[C@@H]1O[C@H]2c1cccc(C(F)(F)F)c1. The van der Waals surface area contributed by atoms with Gasteiger partial charge < -0.3 is 14.2 Å². The predicted molar refractivity (Wildman–Crippen MR) is 98.9 cm³/mol. The summed E-state index contributed by atoms with van der Waals surface area (Å²) in [6.07, 6.45) is -0.851. The summed E-state index contributed by atoms with van der Waals surface area (Å²) in [6.45, 7) is 0. The number of fused-ring (bicyclic) bond motifs is 3. The first-order valence-electron chi connectivity index (χ1n) is 9.51. The topological polar surface area (TPSA) is 27.7 Å². The lowest BCUT2D eigenvalue weighted by molar-refractivity contribution is -0.137. The summed E-state index contributed by atoms with van der Waals surface area (Å²) < 4.78 is 57.0. The van der Waals surface area contributed by atoms with E-state index in [1.165, 1.54) is 12.1 Å². The lowest BCUT2D eigenvalue weighted by Gasteiger charge is -2.41. The normalized spacial score (nSPS) is 24.2. The zero-order chi connectivity index (χ0) is 19.9. The monoisotopic (exact) mass is 392 g/mol. The third kappa shape index (κ3) is 3.34. The fraction of sp³-hybridized carbons (Fsp3) is 0.455. The summed E-state index contributed by atoms with van der Waals surface area (Å²) in [5.41, 5.74) is 1.80. The summed E-state index contributed by atoms with van der Waals surface area (Å²) in [6, 6.07) is 9.24. The number of halogens is 3. The maximum atomic E-state index is 13.2. The van der Waals surface area contributed by atoms with Gasteiger partial charge in [-0.3, -0.25) is 0 Å². The van der Waals surface area contributed by atoms with Crippen molar-refractivity contribution in [2.45, 2.75) is 50.0 Å². The average Bonchev–Trinajstić information content (AvgIpc) is 2.71. The van der Waals surface area contributed by atoms with E-state index in [0.29, 0.717) is 17.1 Å². The highest BCUT2D eigenvalue weighted by molar-refractivity contribution is 5.52. The van der Waals surface area contributed by atoms with Crippen LogP contribution in [0.15, 0.2) is 36.4 Å². The molecule has 2 aromatic rings. The Labute approximate surface area is 162 Å². The van der Waals surface area contributed by atoms with Crippen molar-refractivity contribution in [2.75, 3.05) is 14.2 Å². The van der Waals surface area contributed by atoms with E-state index in [9.17, 15) is 13.2 Å². The average molecular weight is 392 g/mol. The van der Waals surface area contributed by atoms with Gasteiger partial charge >= 0.3 is 6.18 Å². The van der Waals surface area contributed by atoms with Crippen molar-refractivity contribution in [1.82, 2.24) is 0 Å². The Kier molecular flexibility index (Phi) is 5.00. The minimum Gasteiger partial charge on any atom is -0.493 e. The number of hydrogen-bond donors (Lipinski definition) is 0. The lowest BCUT2D eigenvalue weighted by Crippen LogP contribution is -2.34. The van der Waals surface area contributed by atoms with Gasteiger partial charge in [-0.05, 0) is 53.8 Å². The molecule has 3 atom stereocenters.